The quantitative estimate of drug-likeness (QED) is 0.924. The summed E-state index contributed by atoms with van der Waals surface area (Å²) in [6.45, 7) is 1.94. The average molecular weight is 265 g/mol. The average Bonchev–Trinajstić information content (AvgIpc) is 2.78. The lowest BCUT2D eigenvalue weighted by Gasteiger charge is -2.07. The van der Waals surface area contributed by atoms with Crippen molar-refractivity contribution in [3.63, 3.8) is 0 Å². The normalized spacial score (nSPS) is 10.6. The van der Waals surface area contributed by atoms with Gasteiger partial charge in [-0.05, 0) is 24.6 Å². The van der Waals surface area contributed by atoms with Gasteiger partial charge in [-0.3, -0.25) is 4.79 Å². The largest absolute Gasteiger partial charge is 0.481 e. The van der Waals surface area contributed by atoms with Crippen LogP contribution in [0.4, 0.5) is 0 Å². The summed E-state index contributed by atoms with van der Waals surface area (Å²) in [6.07, 6.45) is 4.03. The molecular weight excluding hydrogens is 252 g/mol. The van der Waals surface area contributed by atoms with E-state index in [9.17, 15) is 4.79 Å². The molecule has 0 aliphatic heterocycles. The van der Waals surface area contributed by atoms with E-state index in [0.29, 0.717) is 11.4 Å². The lowest BCUT2D eigenvalue weighted by Crippen LogP contribution is -1.97. The fourth-order valence-corrected chi connectivity index (χ4v) is 1.90. The van der Waals surface area contributed by atoms with Crippen molar-refractivity contribution < 1.29 is 9.90 Å². The Bertz CT molecular complexity index is 578. The van der Waals surface area contributed by atoms with Crippen LogP contribution in [-0.2, 0) is 11.2 Å². The summed E-state index contributed by atoms with van der Waals surface area (Å²) in [6, 6.07) is 5.66. The van der Waals surface area contributed by atoms with Crippen LogP contribution < -0.4 is 0 Å². The number of nitrogens with zero attached hydrogens (tertiary/aromatic N) is 2. The van der Waals surface area contributed by atoms with Crippen LogP contribution in [0.2, 0.25) is 5.02 Å². The molecular formula is C13H13ClN2O2. The van der Waals surface area contributed by atoms with Crippen molar-refractivity contribution in [2.24, 2.45) is 0 Å². The molecule has 0 saturated heterocycles. The topological polar surface area (TPSA) is 55.1 Å². The minimum Gasteiger partial charge on any atom is -0.481 e. The fourth-order valence-electron chi connectivity index (χ4n) is 1.74. The third kappa shape index (κ3) is 2.71. The molecule has 0 bridgehead atoms. The molecule has 94 valence electrons. The van der Waals surface area contributed by atoms with E-state index in [-0.39, 0.29) is 6.42 Å². The highest BCUT2D eigenvalue weighted by Gasteiger charge is 2.07. The fraction of sp³-hybridized carbons (Fsp3) is 0.231. The van der Waals surface area contributed by atoms with Crippen LogP contribution in [0.5, 0.6) is 0 Å². The van der Waals surface area contributed by atoms with E-state index in [4.69, 9.17) is 16.7 Å². The highest BCUT2D eigenvalue weighted by molar-refractivity contribution is 6.31. The first-order chi connectivity index (χ1) is 8.58. The van der Waals surface area contributed by atoms with Gasteiger partial charge in [-0.15, -0.1) is 0 Å². The van der Waals surface area contributed by atoms with Crippen LogP contribution in [0.3, 0.4) is 0 Å². The molecule has 0 saturated carbocycles. The number of hydrogen-bond acceptors (Lipinski definition) is 2. The number of hydrogen-bond donors (Lipinski definition) is 1. The van der Waals surface area contributed by atoms with Crippen LogP contribution in [0.15, 0.2) is 30.7 Å². The van der Waals surface area contributed by atoms with E-state index < -0.39 is 5.97 Å². The van der Waals surface area contributed by atoms with Gasteiger partial charge >= 0.3 is 5.97 Å². The maximum Gasteiger partial charge on any atom is 0.303 e. The summed E-state index contributed by atoms with van der Waals surface area (Å²) >= 11 is 6.06. The van der Waals surface area contributed by atoms with Crippen molar-refractivity contribution in [2.75, 3.05) is 0 Å². The smallest absolute Gasteiger partial charge is 0.303 e. The maximum atomic E-state index is 10.5. The summed E-state index contributed by atoms with van der Waals surface area (Å²) in [4.78, 5) is 14.7. The summed E-state index contributed by atoms with van der Waals surface area (Å²) in [5.41, 5.74) is 2.69. The van der Waals surface area contributed by atoms with E-state index in [1.807, 2.05) is 35.9 Å². The monoisotopic (exact) mass is 264 g/mol. The van der Waals surface area contributed by atoms with Crippen LogP contribution >= 0.6 is 11.6 Å². The molecule has 2 aromatic rings. The first-order valence-electron chi connectivity index (χ1n) is 5.58. The Morgan fingerprint density at radius 3 is 3.00 bits per heavy atom. The van der Waals surface area contributed by atoms with Crippen molar-refractivity contribution >= 4 is 17.6 Å². The zero-order valence-electron chi connectivity index (χ0n) is 9.93. The number of benzene rings is 1. The predicted molar refractivity (Wildman–Crippen MR) is 69.3 cm³/mol. The SMILES string of the molecule is Cc1c(Cl)cccc1-n1cnc(CCC(=O)O)c1. The summed E-state index contributed by atoms with van der Waals surface area (Å²) in [7, 11) is 0. The Kier molecular flexibility index (Phi) is 3.67. The van der Waals surface area contributed by atoms with Gasteiger partial charge in [0.15, 0.2) is 0 Å². The van der Waals surface area contributed by atoms with Crippen LogP contribution in [0.1, 0.15) is 17.7 Å². The number of aryl methyl sites for hydroxylation is 1. The van der Waals surface area contributed by atoms with Gasteiger partial charge in [0.25, 0.3) is 0 Å². The molecule has 1 aromatic carbocycles. The van der Waals surface area contributed by atoms with E-state index in [0.717, 1.165) is 16.9 Å². The van der Waals surface area contributed by atoms with Crippen LogP contribution in [0.25, 0.3) is 5.69 Å². The second-order valence-corrected chi connectivity index (χ2v) is 4.46. The molecule has 0 aliphatic carbocycles. The molecule has 0 atom stereocenters. The molecule has 4 nitrogen and oxygen atoms in total. The molecule has 0 fully saturated rings. The minimum absolute atomic E-state index is 0.0888. The first kappa shape index (κ1) is 12.6. The zero-order valence-corrected chi connectivity index (χ0v) is 10.7. The lowest BCUT2D eigenvalue weighted by atomic mass is 10.2. The summed E-state index contributed by atoms with van der Waals surface area (Å²) in [5.74, 6) is -0.816. The summed E-state index contributed by atoms with van der Waals surface area (Å²) < 4.78 is 1.86. The van der Waals surface area contributed by atoms with Gasteiger partial charge in [-0.1, -0.05) is 17.7 Å². The predicted octanol–water partition coefficient (Wildman–Crippen LogP) is 2.85. The Morgan fingerprint density at radius 1 is 1.50 bits per heavy atom. The Balaban J connectivity index is 2.24. The lowest BCUT2D eigenvalue weighted by molar-refractivity contribution is -0.136. The molecule has 5 heteroatoms. The van der Waals surface area contributed by atoms with Crippen molar-refractivity contribution in [3.05, 3.63) is 47.0 Å². The molecule has 2 rings (SSSR count). The first-order valence-corrected chi connectivity index (χ1v) is 5.96. The highest BCUT2D eigenvalue weighted by atomic mass is 35.5. The molecule has 1 heterocycles. The molecule has 18 heavy (non-hydrogen) atoms. The maximum absolute atomic E-state index is 10.5. The number of imidazole rings is 1. The van der Waals surface area contributed by atoms with E-state index in [1.54, 1.807) is 6.33 Å². The van der Waals surface area contributed by atoms with Crippen molar-refractivity contribution in [2.45, 2.75) is 19.8 Å². The molecule has 0 radical (unpaired) electrons. The number of aliphatic carboxylic acids is 1. The van der Waals surface area contributed by atoms with Gasteiger partial charge in [0.2, 0.25) is 0 Å². The van der Waals surface area contributed by atoms with Crippen molar-refractivity contribution in [1.82, 2.24) is 9.55 Å². The van der Waals surface area contributed by atoms with Gasteiger partial charge in [-0.2, -0.15) is 0 Å². The third-order valence-corrected chi connectivity index (χ3v) is 3.16. The third-order valence-electron chi connectivity index (χ3n) is 2.75. The van der Waals surface area contributed by atoms with Gasteiger partial charge in [0.1, 0.15) is 0 Å². The number of aromatic nitrogens is 2. The second-order valence-electron chi connectivity index (χ2n) is 4.05. The standard InChI is InChI=1S/C13H13ClN2O2/c1-9-11(14)3-2-4-12(9)16-7-10(15-8-16)5-6-13(17)18/h2-4,7-8H,5-6H2,1H3,(H,17,18). The van der Waals surface area contributed by atoms with Crippen molar-refractivity contribution in [1.29, 1.82) is 0 Å². The van der Waals surface area contributed by atoms with E-state index in [2.05, 4.69) is 4.98 Å². The number of carboxylic acids is 1. The Hall–Kier alpha value is -1.81. The number of rotatable bonds is 4. The highest BCUT2D eigenvalue weighted by Crippen LogP contribution is 2.22. The number of carboxylic acid groups (broad SMARTS) is 1. The zero-order chi connectivity index (χ0) is 13.1. The van der Waals surface area contributed by atoms with E-state index in [1.165, 1.54) is 0 Å². The molecule has 1 N–H and O–H groups in total. The van der Waals surface area contributed by atoms with Crippen LogP contribution in [-0.4, -0.2) is 20.6 Å². The van der Waals surface area contributed by atoms with Gasteiger partial charge in [-0.25, -0.2) is 4.98 Å². The minimum atomic E-state index is -0.816. The summed E-state index contributed by atoms with van der Waals surface area (Å²) in [5, 5.41) is 9.33. The molecule has 0 aliphatic rings. The van der Waals surface area contributed by atoms with Gasteiger partial charge in [0, 0.05) is 17.6 Å². The second kappa shape index (κ2) is 5.23. The molecule has 0 unspecified atom stereocenters. The number of halogens is 1. The van der Waals surface area contributed by atoms with Gasteiger partial charge < -0.3 is 9.67 Å². The Morgan fingerprint density at radius 2 is 2.28 bits per heavy atom. The Labute approximate surface area is 110 Å². The molecule has 0 amide bonds. The molecule has 1 aromatic heterocycles. The van der Waals surface area contributed by atoms with Crippen LogP contribution in [0, 0.1) is 6.92 Å². The molecule has 0 spiro atoms. The van der Waals surface area contributed by atoms with Gasteiger partial charge in [0.05, 0.1) is 24.1 Å². The van der Waals surface area contributed by atoms with E-state index >= 15 is 0 Å². The number of carbonyl (C=O) groups is 1. The van der Waals surface area contributed by atoms with Crippen molar-refractivity contribution in [3.8, 4) is 5.69 Å².